The minimum Gasteiger partial charge on any atom is -0.493 e. The van der Waals surface area contributed by atoms with Gasteiger partial charge in [0.15, 0.2) is 0 Å². The van der Waals surface area contributed by atoms with Crippen LogP contribution in [0.5, 0.6) is 5.75 Å². The van der Waals surface area contributed by atoms with Gasteiger partial charge in [-0.25, -0.2) is 0 Å². The Balaban J connectivity index is 2.41. The third-order valence-electron chi connectivity index (χ3n) is 3.66. The summed E-state index contributed by atoms with van der Waals surface area (Å²) in [4.78, 5) is 0. The highest BCUT2D eigenvalue weighted by Crippen LogP contribution is 2.32. The maximum atomic E-state index is 6.50. The van der Waals surface area contributed by atoms with Gasteiger partial charge in [-0.15, -0.1) is 0 Å². The average molecular weight is 348 g/mol. The van der Waals surface area contributed by atoms with E-state index in [1.54, 1.807) is 0 Å². The van der Waals surface area contributed by atoms with Crippen molar-refractivity contribution in [2.75, 3.05) is 6.61 Å². The van der Waals surface area contributed by atoms with E-state index >= 15 is 0 Å². The van der Waals surface area contributed by atoms with E-state index in [4.69, 9.17) is 10.5 Å². The summed E-state index contributed by atoms with van der Waals surface area (Å²) in [5, 5.41) is 0. The molecule has 2 N–H and O–H groups in total. The van der Waals surface area contributed by atoms with Crippen molar-refractivity contribution in [3.8, 4) is 5.75 Å². The van der Waals surface area contributed by atoms with Crippen LogP contribution in [0, 0.1) is 20.8 Å². The van der Waals surface area contributed by atoms with Gasteiger partial charge in [0.25, 0.3) is 0 Å². The van der Waals surface area contributed by atoms with Crippen LogP contribution < -0.4 is 10.5 Å². The van der Waals surface area contributed by atoms with Crippen LogP contribution in [0.1, 0.15) is 40.8 Å². The van der Waals surface area contributed by atoms with Crippen molar-refractivity contribution < 1.29 is 4.74 Å². The number of nitrogens with two attached hydrogens (primary N) is 1. The third kappa shape index (κ3) is 3.47. The molecule has 0 fully saturated rings. The first kappa shape index (κ1) is 16.1. The summed E-state index contributed by atoms with van der Waals surface area (Å²) in [5.41, 5.74) is 12.5. The van der Waals surface area contributed by atoms with Crippen LogP contribution in [0.4, 0.5) is 0 Å². The summed E-state index contributed by atoms with van der Waals surface area (Å²) in [6.07, 6.45) is 0. The van der Waals surface area contributed by atoms with Gasteiger partial charge in [0.05, 0.1) is 17.1 Å². The normalized spacial score (nSPS) is 12.3. The Morgan fingerprint density at radius 1 is 1.10 bits per heavy atom. The Kier molecular flexibility index (Phi) is 5.07. The molecule has 2 nitrogen and oxygen atoms in total. The van der Waals surface area contributed by atoms with E-state index in [2.05, 4.69) is 48.8 Å². The fourth-order valence-electron chi connectivity index (χ4n) is 2.83. The molecule has 0 spiro atoms. The summed E-state index contributed by atoms with van der Waals surface area (Å²) >= 11 is 3.56. The molecule has 0 aliphatic rings. The van der Waals surface area contributed by atoms with Crippen LogP contribution in [0.3, 0.4) is 0 Å². The standard InChI is InChI=1S/C18H22BrNO/c1-5-21-16-7-6-14(10-15(16)19)18(20)17-12(3)8-11(2)9-13(17)4/h6-10,18H,5,20H2,1-4H3. The number of hydrogen-bond donors (Lipinski definition) is 1. The van der Waals surface area contributed by atoms with Gasteiger partial charge >= 0.3 is 0 Å². The molecule has 1 unspecified atom stereocenters. The van der Waals surface area contributed by atoms with Gasteiger partial charge in [0.2, 0.25) is 0 Å². The van der Waals surface area contributed by atoms with E-state index in [9.17, 15) is 0 Å². The fourth-order valence-corrected chi connectivity index (χ4v) is 3.34. The second kappa shape index (κ2) is 6.63. The quantitative estimate of drug-likeness (QED) is 0.860. The Hall–Kier alpha value is -1.32. The second-order valence-corrected chi connectivity index (χ2v) is 6.27. The fraction of sp³-hybridized carbons (Fsp3) is 0.333. The van der Waals surface area contributed by atoms with Gasteiger partial charge < -0.3 is 10.5 Å². The number of hydrogen-bond acceptors (Lipinski definition) is 2. The molecular weight excluding hydrogens is 326 g/mol. The molecule has 2 rings (SSSR count). The molecule has 0 heterocycles. The van der Waals surface area contributed by atoms with Gasteiger partial charge in [-0.2, -0.15) is 0 Å². The molecule has 0 aliphatic heterocycles. The Morgan fingerprint density at radius 2 is 1.71 bits per heavy atom. The van der Waals surface area contributed by atoms with E-state index in [0.717, 1.165) is 15.8 Å². The van der Waals surface area contributed by atoms with E-state index in [-0.39, 0.29) is 6.04 Å². The Labute approximate surface area is 135 Å². The lowest BCUT2D eigenvalue weighted by Gasteiger charge is -2.20. The molecule has 112 valence electrons. The molecule has 0 aromatic heterocycles. The third-order valence-corrected chi connectivity index (χ3v) is 4.28. The van der Waals surface area contributed by atoms with Crippen LogP contribution in [0.2, 0.25) is 0 Å². The van der Waals surface area contributed by atoms with Gasteiger partial charge in [-0.1, -0.05) is 23.8 Å². The first-order chi connectivity index (χ1) is 9.93. The minimum absolute atomic E-state index is 0.127. The average Bonchev–Trinajstić information content (AvgIpc) is 2.40. The lowest BCUT2D eigenvalue weighted by atomic mass is 9.90. The summed E-state index contributed by atoms with van der Waals surface area (Å²) in [7, 11) is 0. The lowest BCUT2D eigenvalue weighted by Crippen LogP contribution is -2.15. The molecule has 21 heavy (non-hydrogen) atoms. The van der Waals surface area contributed by atoms with Crippen LogP contribution in [-0.2, 0) is 0 Å². The summed E-state index contributed by atoms with van der Waals surface area (Å²) in [6, 6.07) is 10.3. The first-order valence-electron chi connectivity index (χ1n) is 7.19. The molecule has 2 aromatic rings. The van der Waals surface area contributed by atoms with Crippen molar-refractivity contribution >= 4 is 15.9 Å². The predicted molar refractivity (Wildman–Crippen MR) is 92.0 cm³/mol. The Morgan fingerprint density at radius 3 is 2.24 bits per heavy atom. The number of rotatable bonds is 4. The van der Waals surface area contributed by atoms with E-state index < -0.39 is 0 Å². The van der Waals surface area contributed by atoms with Gasteiger partial charge in [0.1, 0.15) is 5.75 Å². The van der Waals surface area contributed by atoms with Crippen molar-refractivity contribution in [2.45, 2.75) is 33.7 Å². The van der Waals surface area contributed by atoms with Crippen LogP contribution in [0.25, 0.3) is 0 Å². The predicted octanol–water partition coefficient (Wildman–Crippen LogP) is 4.82. The molecule has 0 aliphatic carbocycles. The summed E-state index contributed by atoms with van der Waals surface area (Å²) in [6.45, 7) is 8.99. The number of halogens is 1. The number of ether oxygens (including phenoxy) is 1. The largest absolute Gasteiger partial charge is 0.493 e. The number of benzene rings is 2. The second-order valence-electron chi connectivity index (χ2n) is 5.41. The monoisotopic (exact) mass is 347 g/mol. The molecule has 2 aromatic carbocycles. The maximum Gasteiger partial charge on any atom is 0.133 e. The van der Waals surface area contributed by atoms with Crippen molar-refractivity contribution in [3.05, 3.63) is 62.6 Å². The molecule has 0 radical (unpaired) electrons. The zero-order valence-corrected chi connectivity index (χ0v) is 14.6. The van der Waals surface area contributed by atoms with Crippen LogP contribution in [0.15, 0.2) is 34.8 Å². The zero-order chi connectivity index (χ0) is 15.6. The highest BCUT2D eigenvalue weighted by molar-refractivity contribution is 9.10. The van der Waals surface area contributed by atoms with Crippen LogP contribution >= 0.6 is 15.9 Å². The molecule has 0 amide bonds. The minimum atomic E-state index is -0.127. The van der Waals surface area contributed by atoms with Crippen molar-refractivity contribution in [3.63, 3.8) is 0 Å². The molecular formula is C18H22BrNO. The first-order valence-corrected chi connectivity index (χ1v) is 7.99. The smallest absolute Gasteiger partial charge is 0.133 e. The van der Waals surface area contributed by atoms with Gasteiger partial charge in [-0.05, 0) is 78.0 Å². The Bertz CT molecular complexity index is 629. The topological polar surface area (TPSA) is 35.2 Å². The maximum absolute atomic E-state index is 6.50. The van der Waals surface area contributed by atoms with E-state index in [1.165, 1.54) is 22.3 Å². The van der Waals surface area contributed by atoms with Gasteiger partial charge in [-0.3, -0.25) is 0 Å². The zero-order valence-electron chi connectivity index (χ0n) is 13.0. The van der Waals surface area contributed by atoms with Crippen LogP contribution in [-0.4, -0.2) is 6.61 Å². The highest BCUT2D eigenvalue weighted by Gasteiger charge is 2.16. The van der Waals surface area contributed by atoms with E-state index in [0.29, 0.717) is 6.61 Å². The molecule has 3 heteroatoms. The summed E-state index contributed by atoms with van der Waals surface area (Å²) < 4.78 is 6.50. The molecule has 0 saturated heterocycles. The van der Waals surface area contributed by atoms with E-state index in [1.807, 2.05) is 25.1 Å². The lowest BCUT2D eigenvalue weighted by molar-refractivity contribution is 0.338. The van der Waals surface area contributed by atoms with Crippen molar-refractivity contribution in [2.24, 2.45) is 5.73 Å². The van der Waals surface area contributed by atoms with Gasteiger partial charge in [0, 0.05) is 0 Å². The van der Waals surface area contributed by atoms with Crippen molar-refractivity contribution in [1.29, 1.82) is 0 Å². The number of aryl methyl sites for hydroxylation is 3. The van der Waals surface area contributed by atoms with Crippen molar-refractivity contribution in [1.82, 2.24) is 0 Å². The highest BCUT2D eigenvalue weighted by atomic mass is 79.9. The molecule has 1 atom stereocenters. The SMILES string of the molecule is CCOc1ccc(C(N)c2c(C)cc(C)cc2C)cc1Br. The molecule has 0 saturated carbocycles. The molecule has 0 bridgehead atoms. The summed E-state index contributed by atoms with van der Waals surface area (Å²) in [5.74, 6) is 0.853.